The molecule has 0 saturated heterocycles. The fourth-order valence-corrected chi connectivity index (χ4v) is 5.40. The highest BCUT2D eigenvalue weighted by atomic mass is 17.2. The molecule has 1 fully saturated rings. The van der Waals surface area contributed by atoms with Gasteiger partial charge in [-0.05, 0) is 73.8 Å². The first-order valence-electron chi connectivity index (χ1n) is 15.1. The number of hydrogen-bond acceptors (Lipinski definition) is 3. The fourth-order valence-electron chi connectivity index (χ4n) is 5.40. The molecule has 1 atom stereocenters. The van der Waals surface area contributed by atoms with Gasteiger partial charge in [0.05, 0.1) is 7.11 Å². The summed E-state index contributed by atoms with van der Waals surface area (Å²) >= 11 is 0. The van der Waals surface area contributed by atoms with Crippen LogP contribution in [0.25, 0.3) is 6.08 Å². The molecule has 0 bridgehead atoms. The summed E-state index contributed by atoms with van der Waals surface area (Å²) in [6.07, 6.45) is 14.2. The fraction of sp³-hybridized carbons (Fsp3) is 0.600. The molecule has 4 N–H and O–H groups in total. The van der Waals surface area contributed by atoms with E-state index in [0.29, 0.717) is 5.92 Å². The summed E-state index contributed by atoms with van der Waals surface area (Å²) < 4.78 is 0. The number of benzene rings is 2. The van der Waals surface area contributed by atoms with Crippen LogP contribution in [0.5, 0.6) is 0 Å². The van der Waals surface area contributed by atoms with Gasteiger partial charge in [0.2, 0.25) is 0 Å². The number of aryl methyl sites for hydroxylation is 1. The Balaban J connectivity index is 0.00000123. The van der Waals surface area contributed by atoms with Crippen molar-refractivity contribution in [2.24, 2.45) is 11.7 Å². The van der Waals surface area contributed by atoms with Crippen LogP contribution in [0, 0.1) is 12.8 Å². The molecule has 1 unspecified atom stereocenters. The summed E-state index contributed by atoms with van der Waals surface area (Å²) in [5, 5.41) is 0. The lowest BCUT2D eigenvalue weighted by atomic mass is 9.81. The van der Waals surface area contributed by atoms with Crippen molar-refractivity contribution in [1.29, 1.82) is 0 Å². The van der Waals surface area contributed by atoms with Gasteiger partial charge in [0, 0.05) is 5.70 Å². The topological polar surface area (TPSA) is 76.0 Å². The van der Waals surface area contributed by atoms with E-state index in [4.69, 9.17) is 15.5 Å². The van der Waals surface area contributed by atoms with Gasteiger partial charge in [0.15, 0.2) is 5.60 Å². The van der Waals surface area contributed by atoms with Crippen molar-refractivity contribution in [3.63, 3.8) is 0 Å². The molecule has 0 radical (unpaired) electrons. The summed E-state index contributed by atoms with van der Waals surface area (Å²) in [7, 11) is 1.56. The van der Waals surface area contributed by atoms with E-state index >= 15 is 0 Å². The van der Waals surface area contributed by atoms with E-state index < -0.39 is 5.60 Å². The molecular formula is C35H59NO3. The van der Waals surface area contributed by atoms with Crippen LogP contribution in [0.3, 0.4) is 0 Å². The zero-order valence-electron chi connectivity index (χ0n) is 26.5. The number of nitrogens with two attached hydrogens (primary N) is 1. The van der Waals surface area contributed by atoms with Crippen molar-refractivity contribution in [2.45, 2.75) is 125 Å². The molecule has 3 rings (SSSR count). The van der Waals surface area contributed by atoms with Gasteiger partial charge in [-0.1, -0.05) is 128 Å². The molecule has 0 aromatic heterocycles. The van der Waals surface area contributed by atoms with E-state index in [1.807, 2.05) is 26.8 Å². The van der Waals surface area contributed by atoms with Gasteiger partial charge in [-0.25, -0.2) is 9.78 Å². The first-order valence-corrected chi connectivity index (χ1v) is 15.1. The summed E-state index contributed by atoms with van der Waals surface area (Å²) in [6, 6.07) is 15.1. The van der Waals surface area contributed by atoms with Gasteiger partial charge in [-0.15, -0.1) is 0 Å². The minimum absolute atomic E-state index is 0. The second-order valence-electron chi connectivity index (χ2n) is 10.9. The minimum Gasteiger partial charge on any atom is -0.412 e. The maximum Gasteiger partial charge on any atom is 0.151 e. The average molecular weight is 542 g/mol. The van der Waals surface area contributed by atoms with Crippen molar-refractivity contribution < 1.29 is 15.3 Å². The Bertz CT molecular complexity index is 921. The zero-order chi connectivity index (χ0) is 28.6. The van der Waals surface area contributed by atoms with Gasteiger partial charge < -0.3 is 11.2 Å². The van der Waals surface area contributed by atoms with Crippen LogP contribution in [0.1, 0.15) is 140 Å². The molecule has 2 aromatic carbocycles. The molecule has 222 valence electrons. The summed E-state index contributed by atoms with van der Waals surface area (Å²) in [4.78, 5) is 11.1. The van der Waals surface area contributed by atoms with E-state index in [-0.39, 0.29) is 5.48 Å². The quantitative estimate of drug-likeness (QED) is 0.240. The smallest absolute Gasteiger partial charge is 0.151 e. The van der Waals surface area contributed by atoms with Crippen molar-refractivity contribution in [1.82, 2.24) is 0 Å². The SMILES string of the molecule is CC.CC1CCCCC1.CCCC(CCC)c1ccc(C(C)(OOC)c2ccc(C)cc2)c(/C=C(\C)N)c1.O. The van der Waals surface area contributed by atoms with Gasteiger partial charge >= 0.3 is 0 Å². The molecule has 0 amide bonds. The van der Waals surface area contributed by atoms with Crippen molar-refractivity contribution in [3.05, 3.63) is 76.0 Å². The van der Waals surface area contributed by atoms with Gasteiger partial charge in [-0.3, -0.25) is 0 Å². The van der Waals surface area contributed by atoms with Crippen molar-refractivity contribution >= 4 is 6.08 Å². The van der Waals surface area contributed by atoms with Gasteiger partial charge in [0.1, 0.15) is 0 Å². The average Bonchev–Trinajstić information content (AvgIpc) is 2.90. The van der Waals surface area contributed by atoms with Crippen LogP contribution in [0.4, 0.5) is 0 Å². The van der Waals surface area contributed by atoms with Crippen molar-refractivity contribution in [3.8, 4) is 0 Å². The summed E-state index contributed by atoms with van der Waals surface area (Å²) in [5.74, 6) is 1.60. The normalized spacial score (nSPS) is 15.3. The van der Waals surface area contributed by atoms with Crippen LogP contribution >= 0.6 is 0 Å². The largest absolute Gasteiger partial charge is 0.412 e. The zero-order valence-corrected chi connectivity index (χ0v) is 26.5. The Morgan fingerprint density at radius 2 is 1.56 bits per heavy atom. The molecule has 0 aliphatic heterocycles. The second kappa shape index (κ2) is 19.8. The van der Waals surface area contributed by atoms with E-state index in [1.54, 1.807) is 7.11 Å². The highest BCUT2D eigenvalue weighted by molar-refractivity contribution is 5.60. The van der Waals surface area contributed by atoms with Crippen LogP contribution in [-0.4, -0.2) is 12.6 Å². The molecule has 39 heavy (non-hydrogen) atoms. The van der Waals surface area contributed by atoms with Gasteiger partial charge in [0.25, 0.3) is 0 Å². The summed E-state index contributed by atoms with van der Waals surface area (Å²) in [6.45, 7) is 16.9. The lowest BCUT2D eigenvalue weighted by Gasteiger charge is -2.31. The highest BCUT2D eigenvalue weighted by Gasteiger charge is 2.33. The molecule has 1 aliphatic rings. The Kier molecular flexibility index (Phi) is 18.8. The standard InChI is InChI=1S/C26H37NO2.C7H14.C2H6.H2O/c1-7-9-21(10-8-2)22-13-16-25(23(18-22)17-20(4)27)26(5,29-28-6)24-14-11-19(3)12-15-24;1-7-5-3-2-4-6-7;1-2;/h11-18,21H,7-10,27H2,1-6H3;7H,2-6H2,1H3;1-2H3;1H2/b20-17+;;;. The van der Waals surface area contributed by atoms with E-state index in [0.717, 1.165) is 28.3 Å². The predicted molar refractivity (Wildman–Crippen MR) is 170 cm³/mol. The number of hydrogen-bond donors (Lipinski definition) is 1. The van der Waals surface area contributed by atoms with Crippen molar-refractivity contribution in [2.75, 3.05) is 7.11 Å². The maximum atomic E-state index is 6.10. The number of allylic oxidation sites excluding steroid dienone is 1. The van der Waals surface area contributed by atoms with Crippen LogP contribution in [0.2, 0.25) is 0 Å². The monoisotopic (exact) mass is 541 g/mol. The molecule has 0 heterocycles. The molecule has 1 aliphatic carbocycles. The van der Waals surface area contributed by atoms with Crippen LogP contribution in [-0.2, 0) is 15.4 Å². The third-order valence-corrected chi connectivity index (χ3v) is 7.46. The molecule has 0 spiro atoms. The Hall–Kier alpha value is -2.14. The molecule has 2 aromatic rings. The van der Waals surface area contributed by atoms with E-state index in [1.165, 1.54) is 68.9 Å². The van der Waals surface area contributed by atoms with E-state index in [2.05, 4.69) is 77.1 Å². The predicted octanol–water partition coefficient (Wildman–Crippen LogP) is 9.63. The summed E-state index contributed by atoms with van der Waals surface area (Å²) in [5.41, 5.74) is 11.9. The minimum atomic E-state index is -0.743. The van der Waals surface area contributed by atoms with Crippen LogP contribution < -0.4 is 5.73 Å². The van der Waals surface area contributed by atoms with Gasteiger partial charge in [-0.2, -0.15) is 0 Å². The first kappa shape index (κ1) is 36.9. The third kappa shape index (κ3) is 11.9. The third-order valence-electron chi connectivity index (χ3n) is 7.46. The second-order valence-corrected chi connectivity index (χ2v) is 10.9. The molecule has 4 heteroatoms. The van der Waals surface area contributed by atoms with Crippen LogP contribution in [0.15, 0.2) is 48.2 Å². The highest BCUT2D eigenvalue weighted by Crippen LogP contribution is 2.38. The lowest BCUT2D eigenvalue weighted by molar-refractivity contribution is -0.333. The Morgan fingerprint density at radius 1 is 1.00 bits per heavy atom. The molecular weight excluding hydrogens is 482 g/mol. The van der Waals surface area contributed by atoms with E-state index in [9.17, 15) is 0 Å². The molecule has 1 saturated carbocycles. The number of rotatable bonds is 10. The molecule has 4 nitrogen and oxygen atoms in total. The maximum absolute atomic E-state index is 6.10. The Labute approximate surface area is 240 Å². The lowest BCUT2D eigenvalue weighted by Crippen LogP contribution is -2.28. The Morgan fingerprint density at radius 3 is 2.00 bits per heavy atom. The first-order chi connectivity index (χ1) is 18.2.